The maximum Gasteiger partial charge on any atom is 0.255 e. The summed E-state index contributed by atoms with van der Waals surface area (Å²) in [6, 6.07) is 12.2. The van der Waals surface area contributed by atoms with E-state index in [0.29, 0.717) is 18.2 Å². The number of benzene rings is 2. The summed E-state index contributed by atoms with van der Waals surface area (Å²) in [5.74, 6) is 0.549. The molecule has 2 N–H and O–H groups in total. The number of nitrogens with one attached hydrogen (secondary N) is 1. The van der Waals surface area contributed by atoms with Crippen LogP contribution in [-0.4, -0.2) is 18.1 Å². The Morgan fingerprint density at radius 1 is 1.19 bits per heavy atom. The van der Waals surface area contributed by atoms with Gasteiger partial charge in [0.05, 0.1) is 12.7 Å². The molecule has 0 heterocycles. The van der Waals surface area contributed by atoms with E-state index >= 15 is 0 Å². The molecule has 1 amide bonds. The van der Waals surface area contributed by atoms with Crippen molar-refractivity contribution in [1.29, 1.82) is 0 Å². The first kappa shape index (κ1) is 15.2. The van der Waals surface area contributed by atoms with Gasteiger partial charge in [0.25, 0.3) is 5.91 Å². The van der Waals surface area contributed by atoms with E-state index in [9.17, 15) is 9.90 Å². The maximum absolute atomic E-state index is 12.1. The Bertz CT molecular complexity index is 626. The molecular weight excluding hydrogens is 290 g/mol. The van der Waals surface area contributed by atoms with Gasteiger partial charge in [0.2, 0.25) is 0 Å². The molecule has 4 nitrogen and oxygen atoms in total. The molecule has 2 rings (SSSR count). The van der Waals surface area contributed by atoms with Crippen molar-refractivity contribution in [2.75, 3.05) is 7.11 Å². The maximum atomic E-state index is 12.1. The smallest absolute Gasteiger partial charge is 0.255 e. The first-order chi connectivity index (χ1) is 10.1. The number of alkyl halides is 1. The van der Waals surface area contributed by atoms with Crippen LogP contribution < -0.4 is 10.1 Å². The standard InChI is InChI=1S/C16H16ClNO3/c1-21-13-6-7-15(19)14(8-13)16(20)18-10-12-4-2-11(9-17)3-5-12/h2-8,19H,9-10H2,1H3,(H,18,20). The number of halogens is 1. The molecule has 0 aliphatic heterocycles. The van der Waals surface area contributed by atoms with Crippen molar-refractivity contribution in [3.63, 3.8) is 0 Å². The van der Waals surface area contributed by atoms with Crippen LogP contribution >= 0.6 is 11.6 Å². The van der Waals surface area contributed by atoms with Crippen molar-refractivity contribution >= 4 is 17.5 Å². The molecule has 110 valence electrons. The Kier molecular flexibility index (Phi) is 5.06. The number of ether oxygens (including phenoxy) is 1. The number of amides is 1. The molecule has 0 saturated heterocycles. The molecule has 0 spiro atoms. The molecule has 0 atom stereocenters. The minimum Gasteiger partial charge on any atom is -0.507 e. The van der Waals surface area contributed by atoms with Gasteiger partial charge in [-0.25, -0.2) is 0 Å². The van der Waals surface area contributed by atoms with Crippen LogP contribution in [0.2, 0.25) is 0 Å². The average Bonchev–Trinajstić information content (AvgIpc) is 2.53. The van der Waals surface area contributed by atoms with Crippen LogP contribution in [0.1, 0.15) is 21.5 Å². The molecule has 2 aromatic rings. The highest BCUT2D eigenvalue weighted by molar-refractivity contribution is 6.17. The molecule has 0 radical (unpaired) electrons. The predicted octanol–water partition coefficient (Wildman–Crippen LogP) is 3.07. The molecule has 0 fully saturated rings. The van der Waals surface area contributed by atoms with E-state index in [1.165, 1.54) is 19.2 Å². The molecule has 0 unspecified atom stereocenters. The van der Waals surface area contributed by atoms with E-state index in [4.69, 9.17) is 16.3 Å². The highest BCUT2D eigenvalue weighted by Gasteiger charge is 2.12. The summed E-state index contributed by atoms with van der Waals surface area (Å²) in [6.45, 7) is 0.373. The fourth-order valence-electron chi connectivity index (χ4n) is 1.85. The summed E-state index contributed by atoms with van der Waals surface area (Å²) in [5.41, 5.74) is 2.17. The molecular formula is C16H16ClNO3. The van der Waals surface area contributed by atoms with Crippen molar-refractivity contribution in [1.82, 2.24) is 5.32 Å². The van der Waals surface area contributed by atoms with Crippen LogP contribution in [0.25, 0.3) is 0 Å². The summed E-state index contributed by atoms with van der Waals surface area (Å²) < 4.78 is 5.04. The summed E-state index contributed by atoms with van der Waals surface area (Å²) in [5, 5.41) is 12.5. The molecule has 21 heavy (non-hydrogen) atoms. The highest BCUT2D eigenvalue weighted by Crippen LogP contribution is 2.22. The third-order valence-corrected chi connectivity index (χ3v) is 3.39. The predicted molar refractivity (Wildman–Crippen MR) is 81.8 cm³/mol. The van der Waals surface area contributed by atoms with Gasteiger partial charge in [-0.05, 0) is 29.3 Å². The second kappa shape index (κ2) is 6.99. The van der Waals surface area contributed by atoms with Gasteiger partial charge in [-0.15, -0.1) is 11.6 Å². The van der Waals surface area contributed by atoms with Crippen molar-refractivity contribution < 1.29 is 14.6 Å². The number of hydrogen-bond donors (Lipinski definition) is 2. The van der Waals surface area contributed by atoms with E-state index in [-0.39, 0.29) is 17.2 Å². The molecule has 0 saturated carbocycles. The summed E-state index contributed by atoms with van der Waals surface area (Å²) >= 11 is 5.72. The molecule has 0 aromatic heterocycles. The van der Waals surface area contributed by atoms with E-state index in [0.717, 1.165) is 11.1 Å². The molecule has 0 bridgehead atoms. The van der Waals surface area contributed by atoms with Crippen molar-refractivity contribution in [3.05, 3.63) is 59.2 Å². The van der Waals surface area contributed by atoms with E-state index < -0.39 is 0 Å². The third-order valence-electron chi connectivity index (χ3n) is 3.08. The first-order valence-electron chi connectivity index (χ1n) is 6.43. The van der Waals surface area contributed by atoms with Crippen LogP contribution in [-0.2, 0) is 12.4 Å². The zero-order valence-corrected chi connectivity index (χ0v) is 12.4. The van der Waals surface area contributed by atoms with E-state index in [1.54, 1.807) is 6.07 Å². The van der Waals surface area contributed by atoms with Crippen molar-refractivity contribution in [2.45, 2.75) is 12.4 Å². The third kappa shape index (κ3) is 3.89. The monoisotopic (exact) mass is 305 g/mol. The minimum absolute atomic E-state index is 0.0780. The Labute approximate surface area is 128 Å². The summed E-state index contributed by atoms with van der Waals surface area (Å²) in [6.07, 6.45) is 0. The normalized spacial score (nSPS) is 10.2. The van der Waals surface area contributed by atoms with Crippen LogP contribution in [0.5, 0.6) is 11.5 Å². The topological polar surface area (TPSA) is 58.6 Å². The molecule has 2 aromatic carbocycles. The number of carbonyl (C=O) groups is 1. The van der Waals surface area contributed by atoms with Gasteiger partial charge in [-0.1, -0.05) is 24.3 Å². The second-order valence-electron chi connectivity index (χ2n) is 4.52. The Balaban J connectivity index is 2.04. The van der Waals surface area contributed by atoms with Crippen LogP contribution in [0, 0.1) is 0 Å². The fraction of sp³-hybridized carbons (Fsp3) is 0.188. The Morgan fingerprint density at radius 3 is 2.48 bits per heavy atom. The Morgan fingerprint density at radius 2 is 1.86 bits per heavy atom. The number of carbonyl (C=O) groups excluding carboxylic acids is 1. The van der Waals surface area contributed by atoms with Gasteiger partial charge < -0.3 is 15.2 Å². The zero-order valence-electron chi connectivity index (χ0n) is 11.6. The van der Waals surface area contributed by atoms with Crippen LogP contribution in [0.4, 0.5) is 0 Å². The summed E-state index contributed by atoms with van der Waals surface area (Å²) in [4.78, 5) is 12.1. The van der Waals surface area contributed by atoms with Gasteiger partial charge in [0, 0.05) is 12.4 Å². The summed E-state index contributed by atoms with van der Waals surface area (Å²) in [7, 11) is 1.51. The van der Waals surface area contributed by atoms with Gasteiger partial charge in [0.1, 0.15) is 11.5 Å². The average molecular weight is 306 g/mol. The Hall–Kier alpha value is -2.20. The largest absolute Gasteiger partial charge is 0.507 e. The van der Waals surface area contributed by atoms with Gasteiger partial charge in [0.15, 0.2) is 0 Å². The lowest BCUT2D eigenvalue weighted by atomic mass is 10.1. The van der Waals surface area contributed by atoms with Crippen molar-refractivity contribution in [2.24, 2.45) is 0 Å². The van der Waals surface area contributed by atoms with Crippen LogP contribution in [0.15, 0.2) is 42.5 Å². The molecule has 5 heteroatoms. The zero-order chi connectivity index (χ0) is 15.2. The lowest BCUT2D eigenvalue weighted by molar-refractivity contribution is 0.0948. The number of hydrogen-bond acceptors (Lipinski definition) is 3. The number of rotatable bonds is 5. The second-order valence-corrected chi connectivity index (χ2v) is 4.78. The van der Waals surface area contributed by atoms with Crippen LogP contribution in [0.3, 0.4) is 0 Å². The SMILES string of the molecule is COc1ccc(O)c(C(=O)NCc2ccc(CCl)cc2)c1. The lowest BCUT2D eigenvalue weighted by Crippen LogP contribution is -2.22. The fourth-order valence-corrected chi connectivity index (χ4v) is 2.03. The number of methoxy groups -OCH3 is 1. The number of phenols is 1. The van der Waals surface area contributed by atoms with Gasteiger partial charge >= 0.3 is 0 Å². The highest BCUT2D eigenvalue weighted by atomic mass is 35.5. The lowest BCUT2D eigenvalue weighted by Gasteiger charge is -2.09. The number of aromatic hydroxyl groups is 1. The van der Waals surface area contributed by atoms with Crippen molar-refractivity contribution in [3.8, 4) is 11.5 Å². The van der Waals surface area contributed by atoms with Gasteiger partial charge in [-0.3, -0.25) is 4.79 Å². The van der Waals surface area contributed by atoms with Gasteiger partial charge in [-0.2, -0.15) is 0 Å². The molecule has 0 aliphatic carbocycles. The first-order valence-corrected chi connectivity index (χ1v) is 6.96. The quantitative estimate of drug-likeness (QED) is 0.835. The molecule has 0 aliphatic rings. The van der Waals surface area contributed by atoms with E-state index in [2.05, 4.69) is 5.32 Å². The number of phenolic OH excluding ortho intramolecular Hbond substituents is 1. The minimum atomic E-state index is -0.354. The van der Waals surface area contributed by atoms with E-state index in [1.807, 2.05) is 24.3 Å².